The SMILES string of the molecule is N#Cc1ccc(N2CCSCC2)cc1C(F)(F)F. The molecular formula is C12H11F3N2S. The Morgan fingerprint density at radius 2 is 1.89 bits per heavy atom. The normalized spacial score (nSPS) is 16.4. The van der Waals surface area contributed by atoms with Crippen LogP contribution in [0.2, 0.25) is 0 Å². The number of anilines is 1. The molecule has 0 atom stereocenters. The maximum Gasteiger partial charge on any atom is 0.417 e. The third-order valence-electron chi connectivity index (χ3n) is 2.81. The second kappa shape index (κ2) is 5.11. The summed E-state index contributed by atoms with van der Waals surface area (Å²) in [4.78, 5) is 1.92. The number of benzene rings is 1. The first-order valence-electron chi connectivity index (χ1n) is 5.46. The van der Waals surface area contributed by atoms with Crippen LogP contribution in [0.3, 0.4) is 0 Å². The molecule has 0 unspecified atom stereocenters. The number of nitriles is 1. The van der Waals surface area contributed by atoms with Gasteiger partial charge in [0.15, 0.2) is 0 Å². The molecule has 1 aromatic rings. The van der Waals surface area contributed by atoms with E-state index >= 15 is 0 Å². The van der Waals surface area contributed by atoms with E-state index in [9.17, 15) is 13.2 Å². The van der Waals surface area contributed by atoms with Crippen molar-refractivity contribution in [2.75, 3.05) is 29.5 Å². The first-order chi connectivity index (χ1) is 8.52. The summed E-state index contributed by atoms with van der Waals surface area (Å²) in [5.74, 6) is 1.84. The van der Waals surface area contributed by atoms with Gasteiger partial charge in [0.1, 0.15) is 0 Å². The van der Waals surface area contributed by atoms with Gasteiger partial charge in [-0.15, -0.1) is 0 Å². The van der Waals surface area contributed by atoms with Crippen LogP contribution in [0.25, 0.3) is 0 Å². The average Bonchev–Trinajstić information content (AvgIpc) is 2.38. The van der Waals surface area contributed by atoms with E-state index in [2.05, 4.69) is 0 Å². The summed E-state index contributed by atoms with van der Waals surface area (Å²) in [6.07, 6.45) is -4.48. The average molecular weight is 272 g/mol. The van der Waals surface area contributed by atoms with E-state index in [4.69, 9.17) is 5.26 Å². The van der Waals surface area contributed by atoms with Crippen LogP contribution in [-0.4, -0.2) is 24.6 Å². The van der Waals surface area contributed by atoms with Crippen LogP contribution in [0.1, 0.15) is 11.1 Å². The molecule has 0 radical (unpaired) electrons. The predicted octanol–water partition coefficient (Wildman–Crippen LogP) is 3.13. The first-order valence-corrected chi connectivity index (χ1v) is 6.62. The number of rotatable bonds is 1. The Hall–Kier alpha value is -1.35. The van der Waals surface area contributed by atoms with Gasteiger partial charge >= 0.3 is 6.18 Å². The fourth-order valence-corrected chi connectivity index (χ4v) is 2.79. The minimum absolute atomic E-state index is 0.322. The topological polar surface area (TPSA) is 27.0 Å². The molecular weight excluding hydrogens is 261 g/mol. The second-order valence-corrected chi connectivity index (χ2v) is 5.16. The molecule has 0 bridgehead atoms. The van der Waals surface area contributed by atoms with Crippen molar-refractivity contribution in [1.82, 2.24) is 0 Å². The monoisotopic (exact) mass is 272 g/mol. The van der Waals surface area contributed by atoms with Gasteiger partial charge in [0.25, 0.3) is 0 Å². The van der Waals surface area contributed by atoms with Crippen molar-refractivity contribution < 1.29 is 13.2 Å². The molecule has 1 aliphatic rings. The minimum atomic E-state index is -4.48. The van der Waals surface area contributed by atoms with Crippen LogP contribution >= 0.6 is 11.8 Å². The smallest absolute Gasteiger partial charge is 0.370 e. The molecule has 18 heavy (non-hydrogen) atoms. The van der Waals surface area contributed by atoms with Gasteiger partial charge in [-0.05, 0) is 18.2 Å². The Morgan fingerprint density at radius 3 is 2.44 bits per heavy atom. The second-order valence-electron chi connectivity index (χ2n) is 3.94. The van der Waals surface area contributed by atoms with Crippen LogP contribution in [0.5, 0.6) is 0 Å². The van der Waals surface area contributed by atoms with Crippen molar-refractivity contribution in [2.24, 2.45) is 0 Å². The third kappa shape index (κ3) is 2.72. The van der Waals surface area contributed by atoms with Crippen molar-refractivity contribution in [3.8, 4) is 6.07 Å². The van der Waals surface area contributed by atoms with Crippen molar-refractivity contribution in [3.63, 3.8) is 0 Å². The molecule has 1 saturated heterocycles. The summed E-state index contributed by atoms with van der Waals surface area (Å²) in [5, 5.41) is 8.72. The number of nitrogens with zero attached hydrogens (tertiary/aromatic N) is 2. The molecule has 1 aromatic carbocycles. The van der Waals surface area contributed by atoms with Crippen molar-refractivity contribution >= 4 is 17.4 Å². The zero-order valence-electron chi connectivity index (χ0n) is 9.50. The Morgan fingerprint density at radius 1 is 1.22 bits per heavy atom. The first kappa shape index (κ1) is 13.1. The number of halogens is 3. The van der Waals surface area contributed by atoms with Gasteiger partial charge in [-0.2, -0.15) is 30.2 Å². The van der Waals surface area contributed by atoms with E-state index in [-0.39, 0.29) is 5.56 Å². The van der Waals surface area contributed by atoms with E-state index < -0.39 is 11.7 Å². The number of thioether (sulfide) groups is 1. The molecule has 2 nitrogen and oxygen atoms in total. The van der Waals surface area contributed by atoms with Crippen LogP contribution < -0.4 is 4.90 Å². The van der Waals surface area contributed by atoms with E-state index in [1.165, 1.54) is 6.07 Å². The minimum Gasteiger partial charge on any atom is -0.370 e. The highest BCUT2D eigenvalue weighted by Crippen LogP contribution is 2.34. The van der Waals surface area contributed by atoms with Crippen LogP contribution in [0, 0.1) is 11.3 Å². The lowest BCUT2D eigenvalue weighted by Gasteiger charge is -2.29. The summed E-state index contributed by atoms with van der Waals surface area (Å²) in [6, 6.07) is 5.50. The lowest BCUT2D eigenvalue weighted by molar-refractivity contribution is -0.137. The molecule has 6 heteroatoms. The maximum absolute atomic E-state index is 12.8. The molecule has 0 aromatic heterocycles. The summed E-state index contributed by atoms with van der Waals surface area (Å²) < 4.78 is 38.4. The van der Waals surface area contributed by atoms with E-state index in [1.54, 1.807) is 23.9 Å². The van der Waals surface area contributed by atoms with Gasteiger partial charge in [0.05, 0.1) is 17.2 Å². The van der Waals surface area contributed by atoms with Gasteiger partial charge < -0.3 is 4.90 Å². The zero-order chi connectivity index (χ0) is 13.2. The van der Waals surface area contributed by atoms with Gasteiger partial charge in [-0.25, -0.2) is 0 Å². The largest absolute Gasteiger partial charge is 0.417 e. The summed E-state index contributed by atoms with van der Waals surface area (Å²) >= 11 is 1.79. The molecule has 96 valence electrons. The number of hydrogen-bond acceptors (Lipinski definition) is 3. The molecule has 0 N–H and O–H groups in total. The molecule has 1 aliphatic heterocycles. The van der Waals surface area contributed by atoms with Gasteiger partial charge in [0.2, 0.25) is 0 Å². The van der Waals surface area contributed by atoms with Crippen molar-refractivity contribution in [2.45, 2.75) is 6.18 Å². The van der Waals surface area contributed by atoms with Crippen molar-refractivity contribution in [3.05, 3.63) is 29.3 Å². The highest BCUT2D eigenvalue weighted by molar-refractivity contribution is 7.99. The molecule has 0 spiro atoms. The Balaban J connectivity index is 2.37. The fraction of sp³-hybridized carbons (Fsp3) is 0.417. The summed E-state index contributed by atoms with van der Waals surface area (Å²) in [5.41, 5.74) is -0.625. The van der Waals surface area contributed by atoms with Crippen LogP contribution in [0.4, 0.5) is 18.9 Å². The van der Waals surface area contributed by atoms with Crippen molar-refractivity contribution in [1.29, 1.82) is 5.26 Å². The van der Waals surface area contributed by atoms with Gasteiger partial charge in [-0.1, -0.05) is 0 Å². The predicted molar refractivity (Wildman–Crippen MR) is 65.7 cm³/mol. The summed E-state index contributed by atoms with van der Waals surface area (Å²) in [6.45, 7) is 1.49. The third-order valence-corrected chi connectivity index (χ3v) is 3.75. The number of alkyl halides is 3. The molecule has 0 saturated carbocycles. The standard InChI is InChI=1S/C12H11F3N2S/c13-12(14,15)11-7-10(2-1-9(11)8-16)17-3-5-18-6-4-17/h1-2,7H,3-6H2. The highest BCUT2D eigenvalue weighted by atomic mass is 32.2. The Kier molecular flexibility index (Phi) is 3.71. The van der Waals surface area contributed by atoms with E-state index in [0.717, 1.165) is 30.7 Å². The zero-order valence-corrected chi connectivity index (χ0v) is 10.3. The van der Waals surface area contributed by atoms with E-state index in [0.29, 0.717) is 5.69 Å². The van der Waals surface area contributed by atoms with Crippen LogP contribution in [0.15, 0.2) is 18.2 Å². The van der Waals surface area contributed by atoms with Crippen LogP contribution in [-0.2, 0) is 6.18 Å². The number of hydrogen-bond donors (Lipinski definition) is 0. The molecule has 0 amide bonds. The fourth-order valence-electron chi connectivity index (χ4n) is 1.88. The Bertz CT molecular complexity index is 473. The maximum atomic E-state index is 12.8. The highest BCUT2D eigenvalue weighted by Gasteiger charge is 2.34. The van der Waals surface area contributed by atoms with Gasteiger partial charge in [-0.3, -0.25) is 0 Å². The van der Waals surface area contributed by atoms with Gasteiger partial charge in [0, 0.05) is 30.3 Å². The quantitative estimate of drug-likeness (QED) is 0.786. The lowest BCUT2D eigenvalue weighted by atomic mass is 10.1. The summed E-state index contributed by atoms with van der Waals surface area (Å²) in [7, 11) is 0. The molecule has 1 heterocycles. The van der Waals surface area contributed by atoms with E-state index in [1.807, 2.05) is 4.90 Å². The molecule has 1 fully saturated rings. The lowest BCUT2D eigenvalue weighted by Crippen LogP contribution is -2.32. The molecule has 2 rings (SSSR count). The Labute approximate surface area is 107 Å². The molecule has 0 aliphatic carbocycles.